The van der Waals surface area contributed by atoms with Gasteiger partial charge in [0.25, 0.3) is 0 Å². The number of nitrogens with zero attached hydrogens (tertiary/aromatic N) is 2. The fraction of sp³-hybridized carbons (Fsp3) is 0.222. The third-order valence-electron chi connectivity index (χ3n) is 3.65. The van der Waals surface area contributed by atoms with Gasteiger partial charge < -0.3 is 9.74 Å². The second kappa shape index (κ2) is 9.25. The van der Waals surface area contributed by atoms with E-state index in [1.165, 1.54) is 23.6 Å². The second-order valence-corrected chi connectivity index (χ2v) is 8.11. The van der Waals surface area contributed by atoms with Gasteiger partial charge in [-0.1, -0.05) is 23.7 Å². The minimum atomic E-state index is -1.15. The zero-order valence-corrected chi connectivity index (χ0v) is 17.7. The largest absolute Gasteiger partial charge is 0.333 e. The van der Waals surface area contributed by atoms with Gasteiger partial charge in [0.05, 0.1) is 5.02 Å². The van der Waals surface area contributed by atoms with E-state index in [-0.39, 0.29) is 5.96 Å². The number of nitrogens with one attached hydrogen (secondary N) is 1. The summed E-state index contributed by atoms with van der Waals surface area (Å²) in [4.78, 5) is 19.9. The monoisotopic (exact) mass is 425 g/mol. The topological polar surface area (TPSA) is 73.7 Å². The SMILES string of the molecule is CSc1cccc(N(OC(C)=O)C(=N)N(C)c2cccc(S(C)=O)c2)c1Cl. The standard InChI is InChI=1S/C18H20ClN3O3S2/c1-12(23)25-22(15-9-6-10-16(26-3)17(15)19)18(20)21(2)13-7-5-8-14(11-13)27(4)24/h5-11,20H,1-4H3. The van der Waals surface area contributed by atoms with Crippen LogP contribution in [0, 0.1) is 5.41 Å². The van der Waals surface area contributed by atoms with Gasteiger partial charge in [-0.2, -0.15) is 0 Å². The van der Waals surface area contributed by atoms with Crippen molar-refractivity contribution >= 4 is 57.5 Å². The zero-order chi connectivity index (χ0) is 20.1. The van der Waals surface area contributed by atoms with Crippen LogP contribution in [0.2, 0.25) is 5.02 Å². The van der Waals surface area contributed by atoms with E-state index in [0.29, 0.717) is 21.3 Å². The quantitative estimate of drug-likeness (QED) is 0.343. The summed E-state index contributed by atoms with van der Waals surface area (Å²) in [6, 6.07) is 12.3. The smallest absolute Gasteiger partial charge is 0.330 e. The molecule has 27 heavy (non-hydrogen) atoms. The number of hydrogen-bond acceptors (Lipinski definition) is 5. The molecule has 1 atom stereocenters. The van der Waals surface area contributed by atoms with Gasteiger partial charge in [0.1, 0.15) is 5.69 Å². The fourth-order valence-electron chi connectivity index (χ4n) is 2.28. The fourth-order valence-corrected chi connectivity index (χ4v) is 3.77. The Labute approximate surface area is 170 Å². The minimum Gasteiger partial charge on any atom is -0.333 e. The van der Waals surface area contributed by atoms with E-state index in [4.69, 9.17) is 21.8 Å². The van der Waals surface area contributed by atoms with Crippen LogP contribution < -0.4 is 9.96 Å². The summed E-state index contributed by atoms with van der Waals surface area (Å²) in [6.45, 7) is 1.26. The molecule has 0 radical (unpaired) electrons. The van der Waals surface area contributed by atoms with Crippen LogP contribution in [-0.4, -0.2) is 35.7 Å². The normalized spacial score (nSPS) is 11.6. The number of guanidine groups is 1. The van der Waals surface area contributed by atoms with Crippen molar-refractivity contribution in [2.75, 3.05) is 29.5 Å². The highest BCUT2D eigenvalue weighted by Gasteiger charge is 2.24. The van der Waals surface area contributed by atoms with Gasteiger partial charge in [0.15, 0.2) is 0 Å². The summed E-state index contributed by atoms with van der Waals surface area (Å²) in [7, 11) is 0.503. The van der Waals surface area contributed by atoms with Crippen molar-refractivity contribution in [1.29, 1.82) is 5.41 Å². The summed E-state index contributed by atoms with van der Waals surface area (Å²) in [6.07, 6.45) is 3.47. The number of hydroxylamine groups is 1. The van der Waals surface area contributed by atoms with Gasteiger partial charge in [-0.05, 0) is 36.6 Å². The first-order valence-corrected chi connectivity index (χ1v) is 11.0. The molecule has 0 aliphatic rings. The molecule has 0 saturated heterocycles. The van der Waals surface area contributed by atoms with Gasteiger partial charge in [-0.25, -0.2) is 4.79 Å². The van der Waals surface area contributed by atoms with Crippen LogP contribution in [-0.2, 0) is 20.4 Å². The number of carbonyl (C=O) groups excluding carboxylic acids is 1. The molecule has 0 spiro atoms. The first-order chi connectivity index (χ1) is 12.8. The lowest BCUT2D eigenvalue weighted by molar-refractivity contribution is -0.140. The molecule has 2 aromatic carbocycles. The van der Waals surface area contributed by atoms with Gasteiger partial charge >= 0.3 is 5.97 Å². The van der Waals surface area contributed by atoms with E-state index in [9.17, 15) is 9.00 Å². The number of rotatable bonds is 4. The predicted octanol–water partition coefficient (Wildman–Crippen LogP) is 4.15. The lowest BCUT2D eigenvalue weighted by Gasteiger charge is -2.30. The van der Waals surface area contributed by atoms with Crippen LogP contribution >= 0.6 is 23.4 Å². The molecule has 1 unspecified atom stereocenters. The van der Waals surface area contributed by atoms with Crippen LogP contribution in [0.1, 0.15) is 6.92 Å². The molecule has 0 saturated carbocycles. The van der Waals surface area contributed by atoms with Gasteiger partial charge in [0, 0.05) is 46.5 Å². The Morgan fingerprint density at radius 3 is 2.52 bits per heavy atom. The average Bonchev–Trinajstić information content (AvgIpc) is 2.65. The highest BCUT2D eigenvalue weighted by molar-refractivity contribution is 7.98. The number of hydrogen-bond donors (Lipinski definition) is 1. The Bertz CT molecular complexity index is 892. The van der Waals surface area contributed by atoms with Gasteiger partial charge in [0.2, 0.25) is 5.96 Å². The molecule has 2 rings (SSSR count). The molecular formula is C18H20ClN3O3S2. The number of carbonyl (C=O) groups is 1. The summed E-state index contributed by atoms with van der Waals surface area (Å²) in [5.74, 6) is -0.702. The van der Waals surface area contributed by atoms with Crippen molar-refractivity contribution < 1.29 is 13.8 Å². The summed E-state index contributed by atoms with van der Waals surface area (Å²) in [5, 5.41) is 10.0. The molecule has 0 aromatic heterocycles. The zero-order valence-electron chi connectivity index (χ0n) is 15.4. The van der Waals surface area contributed by atoms with Crippen molar-refractivity contribution in [2.45, 2.75) is 16.7 Å². The molecule has 0 fully saturated rings. The maximum atomic E-state index is 11.7. The van der Waals surface area contributed by atoms with Crippen LogP contribution in [0.15, 0.2) is 52.3 Å². The molecule has 9 heteroatoms. The lowest BCUT2D eigenvalue weighted by atomic mass is 10.3. The number of thioether (sulfide) groups is 1. The Hall–Kier alpha value is -2.03. The predicted molar refractivity (Wildman–Crippen MR) is 112 cm³/mol. The third kappa shape index (κ3) is 5.03. The Morgan fingerprint density at radius 2 is 1.93 bits per heavy atom. The highest BCUT2D eigenvalue weighted by Crippen LogP contribution is 2.35. The van der Waals surface area contributed by atoms with E-state index >= 15 is 0 Å². The summed E-state index contributed by atoms with van der Waals surface area (Å²) >= 11 is 7.89. The minimum absolute atomic E-state index is 0.121. The Morgan fingerprint density at radius 1 is 1.26 bits per heavy atom. The second-order valence-electron chi connectivity index (χ2n) is 5.50. The van der Waals surface area contributed by atoms with Crippen molar-refractivity contribution in [1.82, 2.24) is 0 Å². The summed E-state index contributed by atoms with van der Waals surface area (Å²) < 4.78 is 11.7. The van der Waals surface area contributed by atoms with Crippen molar-refractivity contribution in [3.63, 3.8) is 0 Å². The first-order valence-electron chi connectivity index (χ1n) is 7.83. The lowest BCUT2D eigenvalue weighted by Crippen LogP contribution is -2.43. The molecule has 0 heterocycles. The average molecular weight is 426 g/mol. The molecule has 0 aliphatic heterocycles. The van der Waals surface area contributed by atoms with Crippen molar-refractivity contribution in [3.8, 4) is 0 Å². The van der Waals surface area contributed by atoms with Crippen LogP contribution in [0.25, 0.3) is 0 Å². The van der Waals surface area contributed by atoms with Gasteiger partial charge in [-0.15, -0.1) is 16.8 Å². The van der Waals surface area contributed by atoms with E-state index in [2.05, 4.69) is 0 Å². The Balaban J connectivity index is 2.45. The molecule has 2 aromatic rings. The molecule has 0 aliphatic carbocycles. The van der Waals surface area contributed by atoms with Gasteiger partial charge in [-0.3, -0.25) is 9.62 Å². The highest BCUT2D eigenvalue weighted by atomic mass is 35.5. The van der Waals surface area contributed by atoms with Crippen LogP contribution in [0.5, 0.6) is 0 Å². The first kappa shape index (κ1) is 21.3. The van der Waals surface area contributed by atoms with Crippen molar-refractivity contribution in [3.05, 3.63) is 47.5 Å². The van der Waals surface area contributed by atoms with E-state index in [0.717, 1.165) is 9.96 Å². The molecule has 144 valence electrons. The van der Waals surface area contributed by atoms with Crippen LogP contribution in [0.3, 0.4) is 0 Å². The molecule has 1 N–H and O–H groups in total. The maximum absolute atomic E-state index is 11.7. The Kier molecular flexibility index (Phi) is 7.29. The van der Waals surface area contributed by atoms with E-state index < -0.39 is 16.8 Å². The molecular weight excluding hydrogens is 406 g/mol. The van der Waals surface area contributed by atoms with E-state index in [1.807, 2.05) is 12.3 Å². The molecule has 6 nitrogen and oxygen atoms in total. The number of anilines is 2. The van der Waals surface area contributed by atoms with Crippen molar-refractivity contribution in [2.24, 2.45) is 0 Å². The maximum Gasteiger partial charge on any atom is 0.330 e. The van der Waals surface area contributed by atoms with E-state index in [1.54, 1.807) is 49.7 Å². The summed E-state index contributed by atoms with van der Waals surface area (Å²) in [5.41, 5.74) is 1.01. The third-order valence-corrected chi connectivity index (χ3v) is 5.86. The number of halogens is 1. The van der Waals surface area contributed by atoms with Crippen LogP contribution in [0.4, 0.5) is 11.4 Å². The number of benzene rings is 2. The molecule has 0 bridgehead atoms. The molecule has 0 amide bonds.